The molecule has 0 unspecified atom stereocenters. The molecule has 0 aliphatic carbocycles. The Hall–Kier alpha value is -1.55. The lowest BCUT2D eigenvalue weighted by Gasteiger charge is -2.19. The second kappa shape index (κ2) is 4.99. The van der Waals surface area contributed by atoms with Crippen LogP contribution in [0.15, 0.2) is 24.3 Å². The van der Waals surface area contributed by atoms with Gasteiger partial charge in [-0.3, -0.25) is 4.84 Å². The van der Waals surface area contributed by atoms with E-state index in [-0.39, 0.29) is 12.0 Å². The van der Waals surface area contributed by atoms with E-state index in [2.05, 4.69) is 20.8 Å². The Morgan fingerprint density at radius 3 is 2.31 bits per heavy atom. The number of carboxylic acid groups (broad SMARTS) is 1. The number of carbonyl (C=O) groups is 1. The first kappa shape index (κ1) is 12.5. The summed E-state index contributed by atoms with van der Waals surface area (Å²) in [7, 11) is 0. The van der Waals surface area contributed by atoms with Crippen LogP contribution in [-0.4, -0.2) is 11.2 Å². The van der Waals surface area contributed by atoms with E-state index in [0.717, 1.165) is 5.56 Å². The van der Waals surface area contributed by atoms with Crippen LogP contribution in [0.2, 0.25) is 0 Å². The van der Waals surface area contributed by atoms with Gasteiger partial charge >= 0.3 is 6.09 Å². The van der Waals surface area contributed by atoms with Gasteiger partial charge in [0.1, 0.15) is 0 Å². The third-order valence-electron chi connectivity index (χ3n) is 2.22. The maximum Gasteiger partial charge on any atom is 0.428 e. The van der Waals surface area contributed by atoms with Crippen LogP contribution in [0.3, 0.4) is 0 Å². The SMILES string of the molecule is CC(C)(C)c1ccc(CONC(=O)O)cc1. The van der Waals surface area contributed by atoms with E-state index in [1.54, 1.807) is 0 Å². The molecule has 0 saturated heterocycles. The van der Waals surface area contributed by atoms with Crippen molar-refractivity contribution in [2.45, 2.75) is 32.8 Å². The first-order chi connectivity index (χ1) is 7.39. The molecule has 0 fully saturated rings. The summed E-state index contributed by atoms with van der Waals surface area (Å²) in [5, 5.41) is 8.31. The summed E-state index contributed by atoms with van der Waals surface area (Å²) in [6.07, 6.45) is -1.19. The van der Waals surface area contributed by atoms with Gasteiger partial charge in [-0.05, 0) is 16.5 Å². The molecule has 4 heteroatoms. The molecule has 0 aliphatic heterocycles. The molecular formula is C12H17NO3. The van der Waals surface area contributed by atoms with E-state index in [1.807, 2.05) is 29.7 Å². The van der Waals surface area contributed by atoms with Crippen molar-refractivity contribution in [1.29, 1.82) is 0 Å². The zero-order valence-corrected chi connectivity index (χ0v) is 9.78. The van der Waals surface area contributed by atoms with Crippen LogP contribution in [0, 0.1) is 0 Å². The second-order valence-electron chi connectivity index (χ2n) is 4.64. The minimum Gasteiger partial charge on any atom is -0.464 e. The topological polar surface area (TPSA) is 58.6 Å². The number of hydrogen-bond donors (Lipinski definition) is 2. The molecule has 1 aromatic rings. The minimum absolute atomic E-state index is 0.124. The molecule has 16 heavy (non-hydrogen) atoms. The Morgan fingerprint density at radius 1 is 1.31 bits per heavy atom. The highest BCUT2D eigenvalue weighted by Crippen LogP contribution is 2.22. The third kappa shape index (κ3) is 3.90. The molecule has 1 aromatic carbocycles. The number of nitrogens with one attached hydrogen (secondary N) is 1. The smallest absolute Gasteiger partial charge is 0.428 e. The number of hydrogen-bond acceptors (Lipinski definition) is 2. The van der Waals surface area contributed by atoms with Gasteiger partial charge < -0.3 is 5.11 Å². The highest BCUT2D eigenvalue weighted by molar-refractivity contribution is 5.62. The summed E-state index contributed by atoms with van der Waals surface area (Å²) in [5.41, 5.74) is 4.15. The van der Waals surface area contributed by atoms with E-state index in [0.29, 0.717) is 0 Å². The molecule has 0 spiro atoms. The summed E-state index contributed by atoms with van der Waals surface area (Å²) in [6, 6.07) is 7.92. The quantitative estimate of drug-likeness (QED) is 0.774. The number of rotatable bonds is 3. The van der Waals surface area contributed by atoms with Gasteiger partial charge in [0.05, 0.1) is 6.61 Å². The summed E-state index contributed by atoms with van der Waals surface area (Å²) in [5.74, 6) is 0. The Balaban J connectivity index is 2.55. The maximum atomic E-state index is 10.1. The van der Waals surface area contributed by atoms with Crippen LogP contribution in [0.25, 0.3) is 0 Å². The number of amides is 1. The molecular weight excluding hydrogens is 206 g/mol. The van der Waals surface area contributed by atoms with E-state index >= 15 is 0 Å². The Bertz CT molecular complexity index is 352. The average molecular weight is 223 g/mol. The van der Waals surface area contributed by atoms with E-state index in [4.69, 9.17) is 9.94 Å². The number of hydroxylamine groups is 1. The van der Waals surface area contributed by atoms with Crippen LogP contribution in [0.4, 0.5) is 4.79 Å². The minimum atomic E-state index is -1.19. The predicted molar refractivity (Wildman–Crippen MR) is 61.1 cm³/mol. The van der Waals surface area contributed by atoms with Gasteiger partial charge in [0.15, 0.2) is 0 Å². The van der Waals surface area contributed by atoms with Crippen molar-refractivity contribution >= 4 is 6.09 Å². The van der Waals surface area contributed by atoms with Crippen LogP contribution in [0.1, 0.15) is 31.9 Å². The third-order valence-corrected chi connectivity index (χ3v) is 2.22. The number of benzene rings is 1. The van der Waals surface area contributed by atoms with Gasteiger partial charge in [0, 0.05) is 0 Å². The second-order valence-corrected chi connectivity index (χ2v) is 4.64. The van der Waals surface area contributed by atoms with Gasteiger partial charge in [0.25, 0.3) is 0 Å². The highest BCUT2D eigenvalue weighted by Gasteiger charge is 2.12. The lowest BCUT2D eigenvalue weighted by molar-refractivity contribution is 0.0314. The molecule has 0 heterocycles. The van der Waals surface area contributed by atoms with Crippen molar-refractivity contribution in [3.63, 3.8) is 0 Å². The Morgan fingerprint density at radius 2 is 1.88 bits per heavy atom. The maximum absolute atomic E-state index is 10.1. The van der Waals surface area contributed by atoms with Crippen LogP contribution < -0.4 is 5.48 Å². The summed E-state index contributed by atoms with van der Waals surface area (Å²) >= 11 is 0. The average Bonchev–Trinajstić information content (AvgIpc) is 2.16. The zero-order chi connectivity index (χ0) is 12.2. The van der Waals surface area contributed by atoms with Crippen molar-refractivity contribution < 1.29 is 14.7 Å². The van der Waals surface area contributed by atoms with Crippen molar-refractivity contribution in [3.8, 4) is 0 Å². The normalized spacial score (nSPS) is 11.2. The van der Waals surface area contributed by atoms with Gasteiger partial charge in [-0.15, -0.1) is 0 Å². The molecule has 1 amide bonds. The Labute approximate surface area is 95.2 Å². The molecule has 2 N–H and O–H groups in total. The largest absolute Gasteiger partial charge is 0.464 e. The molecule has 0 atom stereocenters. The monoisotopic (exact) mass is 223 g/mol. The van der Waals surface area contributed by atoms with Crippen molar-refractivity contribution in [2.75, 3.05) is 0 Å². The van der Waals surface area contributed by atoms with Crippen LogP contribution in [0.5, 0.6) is 0 Å². The van der Waals surface area contributed by atoms with E-state index in [1.165, 1.54) is 5.56 Å². The molecule has 0 aromatic heterocycles. The van der Waals surface area contributed by atoms with Gasteiger partial charge in [-0.1, -0.05) is 45.0 Å². The summed E-state index contributed by atoms with van der Waals surface area (Å²) in [6.45, 7) is 6.66. The fraction of sp³-hybridized carbons (Fsp3) is 0.417. The van der Waals surface area contributed by atoms with Gasteiger partial charge in [-0.2, -0.15) is 5.48 Å². The van der Waals surface area contributed by atoms with Crippen LogP contribution in [-0.2, 0) is 16.9 Å². The molecule has 1 rings (SSSR count). The fourth-order valence-electron chi connectivity index (χ4n) is 1.28. The molecule has 88 valence electrons. The molecule has 0 aliphatic rings. The molecule has 0 bridgehead atoms. The Kier molecular flexibility index (Phi) is 3.90. The van der Waals surface area contributed by atoms with Crippen LogP contribution >= 0.6 is 0 Å². The molecule has 0 radical (unpaired) electrons. The van der Waals surface area contributed by atoms with Crippen molar-refractivity contribution in [3.05, 3.63) is 35.4 Å². The lowest BCUT2D eigenvalue weighted by Crippen LogP contribution is -2.20. The molecule has 0 saturated carbocycles. The van der Waals surface area contributed by atoms with Crippen molar-refractivity contribution in [2.24, 2.45) is 0 Å². The van der Waals surface area contributed by atoms with E-state index in [9.17, 15) is 4.79 Å². The molecule has 4 nitrogen and oxygen atoms in total. The zero-order valence-electron chi connectivity index (χ0n) is 9.78. The fourth-order valence-corrected chi connectivity index (χ4v) is 1.28. The predicted octanol–water partition coefficient (Wildman–Crippen LogP) is 2.68. The summed E-state index contributed by atoms with van der Waals surface area (Å²) < 4.78 is 0. The van der Waals surface area contributed by atoms with Gasteiger partial charge in [0.2, 0.25) is 0 Å². The lowest BCUT2D eigenvalue weighted by atomic mass is 9.87. The van der Waals surface area contributed by atoms with Gasteiger partial charge in [-0.25, -0.2) is 4.79 Å². The van der Waals surface area contributed by atoms with Crippen molar-refractivity contribution in [1.82, 2.24) is 5.48 Å². The summed E-state index contributed by atoms with van der Waals surface area (Å²) in [4.78, 5) is 14.9. The first-order valence-corrected chi connectivity index (χ1v) is 5.10. The standard InChI is InChI=1S/C12H17NO3/c1-12(2,3)10-6-4-9(5-7-10)8-16-13-11(14)15/h4-7,13H,8H2,1-3H3,(H,14,15). The van der Waals surface area contributed by atoms with E-state index < -0.39 is 6.09 Å². The highest BCUT2D eigenvalue weighted by atomic mass is 16.7. The first-order valence-electron chi connectivity index (χ1n) is 5.10.